The fraction of sp³-hybridized carbons (Fsp3) is 0.167. The summed E-state index contributed by atoms with van der Waals surface area (Å²) in [6, 6.07) is 8.41. The Morgan fingerprint density at radius 1 is 1.16 bits per heavy atom. The minimum atomic E-state index is -0.409. The molecule has 0 fully saturated rings. The van der Waals surface area contributed by atoms with Gasteiger partial charge in [-0.15, -0.1) is 11.3 Å². The lowest BCUT2D eigenvalue weighted by molar-refractivity contribution is 0.0525. The average molecular weight is 357 g/mol. The van der Waals surface area contributed by atoms with Crippen molar-refractivity contribution in [2.75, 3.05) is 13.7 Å². The van der Waals surface area contributed by atoms with Crippen LogP contribution in [0.5, 0.6) is 11.5 Å². The first-order valence-corrected chi connectivity index (χ1v) is 8.35. The van der Waals surface area contributed by atoms with E-state index in [1.807, 2.05) is 0 Å². The number of hydrogen-bond acceptors (Lipinski definition) is 7. The summed E-state index contributed by atoms with van der Waals surface area (Å²) in [6.07, 6.45) is 3.22. The topological polar surface area (TPSA) is 74.7 Å². The van der Waals surface area contributed by atoms with Crippen molar-refractivity contribution in [2.24, 2.45) is 0 Å². The van der Waals surface area contributed by atoms with Crippen molar-refractivity contribution in [1.29, 1.82) is 0 Å². The third-order valence-electron chi connectivity index (χ3n) is 3.37. The normalized spacial score (nSPS) is 10.5. The molecule has 2 aromatic heterocycles. The second-order valence-electron chi connectivity index (χ2n) is 5.00. The van der Waals surface area contributed by atoms with Crippen molar-refractivity contribution in [2.45, 2.75) is 6.92 Å². The van der Waals surface area contributed by atoms with Gasteiger partial charge in [0, 0.05) is 11.6 Å². The Labute approximate surface area is 148 Å². The van der Waals surface area contributed by atoms with Gasteiger partial charge in [0.1, 0.15) is 10.6 Å². The molecular weight excluding hydrogens is 342 g/mol. The van der Waals surface area contributed by atoms with E-state index in [4.69, 9.17) is 14.2 Å². The number of rotatable bonds is 5. The van der Waals surface area contributed by atoms with Gasteiger partial charge in [-0.3, -0.25) is 4.98 Å². The second-order valence-corrected chi connectivity index (χ2v) is 6.09. The summed E-state index contributed by atoms with van der Waals surface area (Å²) in [7, 11) is 1.34. The Bertz CT molecular complexity index is 934. The average Bonchev–Trinajstić information content (AvgIpc) is 3.07. The van der Waals surface area contributed by atoms with Gasteiger partial charge in [-0.25, -0.2) is 9.59 Å². The number of esters is 2. The van der Waals surface area contributed by atoms with Crippen LogP contribution >= 0.6 is 11.3 Å². The molecule has 0 bridgehead atoms. The van der Waals surface area contributed by atoms with E-state index in [2.05, 4.69) is 4.98 Å². The van der Waals surface area contributed by atoms with Crippen LogP contribution in [0.1, 0.15) is 27.0 Å². The summed E-state index contributed by atoms with van der Waals surface area (Å²) < 4.78 is 16.4. The van der Waals surface area contributed by atoms with Gasteiger partial charge in [-0.1, -0.05) is 6.07 Å². The first-order chi connectivity index (χ1) is 12.1. The van der Waals surface area contributed by atoms with Gasteiger partial charge in [0.2, 0.25) is 0 Å². The molecule has 25 heavy (non-hydrogen) atoms. The SMILES string of the molecule is CCOC(=O)c1cccc(Oc2cncc3sc(C(=O)OC)cc23)c1. The maximum absolute atomic E-state index is 11.8. The third-order valence-corrected chi connectivity index (χ3v) is 4.42. The lowest BCUT2D eigenvalue weighted by atomic mass is 10.2. The maximum atomic E-state index is 11.8. The second kappa shape index (κ2) is 7.31. The van der Waals surface area contributed by atoms with E-state index in [1.165, 1.54) is 18.4 Å². The van der Waals surface area contributed by atoms with Crippen molar-refractivity contribution in [3.8, 4) is 11.5 Å². The van der Waals surface area contributed by atoms with Crippen LogP contribution in [-0.2, 0) is 9.47 Å². The third kappa shape index (κ3) is 3.61. The van der Waals surface area contributed by atoms with Crippen LogP contribution in [0.2, 0.25) is 0 Å². The molecule has 0 saturated carbocycles. The number of nitrogens with zero attached hydrogens (tertiary/aromatic N) is 1. The monoisotopic (exact) mass is 357 g/mol. The first-order valence-electron chi connectivity index (χ1n) is 7.53. The van der Waals surface area contributed by atoms with Crippen LogP contribution in [0.25, 0.3) is 10.1 Å². The van der Waals surface area contributed by atoms with Crippen LogP contribution in [0, 0.1) is 0 Å². The molecule has 0 spiro atoms. The number of thiophene rings is 1. The van der Waals surface area contributed by atoms with Crippen molar-refractivity contribution < 1.29 is 23.8 Å². The minimum Gasteiger partial charge on any atom is -0.465 e. The van der Waals surface area contributed by atoms with Crippen LogP contribution < -0.4 is 4.74 Å². The van der Waals surface area contributed by atoms with Crippen LogP contribution in [0.3, 0.4) is 0 Å². The van der Waals surface area contributed by atoms with Gasteiger partial charge in [-0.05, 0) is 31.2 Å². The fourth-order valence-electron chi connectivity index (χ4n) is 2.25. The molecule has 0 aliphatic heterocycles. The molecule has 3 aromatic rings. The molecule has 128 valence electrons. The summed E-state index contributed by atoms with van der Waals surface area (Å²) in [6.45, 7) is 2.05. The molecule has 0 atom stereocenters. The summed E-state index contributed by atoms with van der Waals surface area (Å²) in [5.74, 6) is 0.153. The number of carbonyl (C=O) groups excluding carboxylic acids is 2. The quantitative estimate of drug-likeness (QED) is 0.641. The number of carbonyl (C=O) groups is 2. The van der Waals surface area contributed by atoms with Crippen molar-refractivity contribution in [3.63, 3.8) is 0 Å². The standard InChI is InChI=1S/C18H15NO5S/c1-3-23-17(20)11-5-4-6-12(7-11)24-14-9-19-10-16-13(14)8-15(25-16)18(21)22-2/h4-10H,3H2,1-2H3. The predicted octanol–water partition coefficient (Wildman–Crippen LogP) is 4.05. The number of hydrogen-bond donors (Lipinski definition) is 0. The Hall–Kier alpha value is -2.93. The molecule has 1 aromatic carbocycles. The lowest BCUT2D eigenvalue weighted by Gasteiger charge is -2.08. The summed E-state index contributed by atoms with van der Waals surface area (Å²) in [4.78, 5) is 28.1. The highest BCUT2D eigenvalue weighted by Gasteiger charge is 2.15. The zero-order valence-electron chi connectivity index (χ0n) is 13.6. The molecular formula is C18H15NO5S. The van der Waals surface area contributed by atoms with Crippen LogP contribution in [-0.4, -0.2) is 30.6 Å². The zero-order valence-corrected chi connectivity index (χ0v) is 14.5. The Kier molecular flexibility index (Phi) is 4.95. The molecule has 3 rings (SSSR count). The van der Waals surface area contributed by atoms with E-state index in [0.29, 0.717) is 28.5 Å². The van der Waals surface area contributed by atoms with E-state index in [1.54, 1.807) is 49.6 Å². The van der Waals surface area contributed by atoms with E-state index < -0.39 is 11.9 Å². The van der Waals surface area contributed by atoms with Gasteiger partial charge in [-0.2, -0.15) is 0 Å². The van der Waals surface area contributed by atoms with Gasteiger partial charge < -0.3 is 14.2 Å². The lowest BCUT2D eigenvalue weighted by Crippen LogP contribution is -2.04. The summed E-state index contributed by atoms with van der Waals surface area (Å²) >= 11 is 1.28. The van der Waals surface area contributed by atoms with Crippen molar-refractivity contribution >= 4 is 33.4 Å². The number of benzene rings is 1. The zero-order chi connectivity index (χ0) is 17.8. The summed E-state index contributed by atoms with van der Waals surface area (Å²) in [5.41, 5.74) is 0.403. The van der Waals surface area contributed by atoms with E-state index in [0.717, 1.165) is 10.1 Å². The number of ether oxygens (including phenoxy) is 3. The number of pyridine rings is 1. The van der Waals surface area contributed by atoms with Gasteiger partial charge in [0.25, 0.3) is 0 Å². The smallest absolute Gasteiger partial charge is 0.348 e. The molecule has 7 heteroatoms. The molecule has 0 aliphatic carbocycles. The Morgan fingerprint density at radius 2 is 2.00 bits per heavy atom. The highest BCUT2D eigenvalue weighted by molar-refractivity contribution is 7.20. The van der Waals surface area contributed by atoms with Crippen molar-refractivity contribution in [3.05, 3.63) is 53.2 Å². The Morgan fingerprint density at radius 3 is 2.76 bits per heavy atom. The molecule has 2 heterocycles. The highest BCUT2D eigenvalue weighted by atomic mass is 32.1. The van der Waals surface area contributed by atoms with Gasteiger partial charge in [0.15, 0.2) is 5.75 Å². The molecule has 0 aliphatic rings. The molecule has 0 amide bonds. The van der Waals surface area contributed by atoms with Gasteiger partial charge >= 0.3 is 11.9 Å². The molecule has 0 N–H and O–H groups in total. The first kappa shape index (κ1) is 16.9. The minimum absolute atomic E-state index is 0.304. The molecule has 6 nitrogen and oxygen atoms in total. The number of methoxy groups -OCH3 is 1. The molecule has 0 unspecified atom stereocenters. The fourth-order valence-corrected chi connectivity index (χ4v) is 3.21. The maximum Gasteiger partial charge on any atom is 0.348 e. The van der Waals surface area contributed by atoms with Crippen LogP contribution in [0.4, 0.5) is 0 Å². The molecule has 0 saturated heterocycles. The highest BCUT2D eigenvalue weighted by Crippen LogP contribution is 2.34. The largest absolute Gasteiger partial charge is 0.465 e. The van der Waals surface area contributed by atoms with E-state index in [-0.39, 0.29) is 0 Å². The number of aromatic nitrogens is 1. The van der Waals surface area contributed by atoms with E-state index >= 15 is 0 Å². The number of fused-ring (bicyclic) bond motifs is 1. The van der Waals surface area contributed by atoms with Crippen molar-refractivity contribution in [1.82, 2.24) is 4.98 Å². The van der Waals surface area contributed by atoms with Gasteiger partial charge in [0.05, 0.1) is 30.2 Å². The summed E-state index contributed by atoms with van der Waals surface area (Å²) in [5, 5.41) is 0.752. The Balaban J connectivity index is 1.93. The van der Waals surface area contributed by atoms with Crippen LogP contribution in [0.15, 0.2) is 42.7 Å². The van der Waals surface area contributed by atoms with E-state index in [9.17, 15) is 9.59 Å². The molecule has 0 radical (unpaired) electrons. The predicted molar refractivity (Wildman–Crippen MR) is 93.4 cm³/mol.